The Morgan fingerprint density at radius 3 is 2.47 bits per heavy atom. The Balaban J connectivity index is 2.29. The predicted molar refractivity (Wildman–Crippen MR) is 71.5 cm³/mol. The van der Waals surface area contributed by atoms with Gasteiger partial charge in [0.15, 0.2) is 0 Å². The van der Waals surface area contributed by atoms with Gasteiger partial charge in [-0.2, -0.15) is 0 Å². The van der Waals surface area contributed by atoms with Crippen molar-refractivity contribution < 1.29 is 0 Å². The van der Waals surface area contributed by atoms with Crippen molar-refractivity contribution in [3.05, 3.63) is 74.0 Å². The number of fused-ring (bicyclic) bond motifs is 4. The smallest absolute Gasteiger partial charge is 0.00929 e. The Morgan fingerprint density at radius 1 is 0.647 bits per heavy atom. The number of rotatable bonds is 0. The maximum absolute atomic E-state index is 2.31. The second-order valence-electron chi connectivity index (χ2n) is 4.79. The van der Waals surface area contributed by atoms with E-state index in [4.69, 9.17) is 0 Å². The van der Waals surface area contributed by atoms with Crippen LogP contribution in [0.3, 0.4) is 0 Å². The molecule has 0 saturated carbocycles. The molecule has 4 rings (SSSR count). The molecule has 0 amide bonds. The van der Waals surface area contributed by atoms with E-state index in [2.05, 4.69) is 61.5 Å². The third-order valence-electron chi connectivity index (χ3n) is 3.63. The van der Waals surface area contributed by atoms with Crippen LogP contribution in [0.15, 0.2) is 42.0 Å². The van der Waals surface area contributed by atoms with Crippen LogP contribution in [0.1, 0.15) is 18.1 Å². The highest BCUT2D eigenvalue weighted by Gasteiger charge is 2.10. The van der Waals surface area contributed by atoms with Gasteiger partial charge in [0.1, 0.15) is 0 Å². The molecule has 0 fully saturated rings. The molecule has 0 heteroatoms. The van der Waals surface area contributed by atoms with E-state index in [0.717, 1.165) is 0 Å². The summed E-state index contributed by atoms with van der Waals surface area (Å²) in [5, 5.41) is 5.43. The summed E-state index contributed by atoms with van der Waals surface area (Å²) in [5.74, 6) is 0. The van der Waals surface area contributed by atoms with Gasteiger partial charge in [0, 0.05) is 0 Å². The minimum Gasteiger partial charge on any atom is -0.0616 e. The standard InChI is InChI=1S/C17H12/c1-11-8-13-6-7-15-14-5-3-2-4-12(14)10-17(15)16(13)9-11/h2-10H,1H3. The van der Waals surface area contributed by atoms with Crippen molar-refractivity contribution >= 4 is 18.2 Å². The van der Waals surface area contributed by atoms with E-state index in [1.807, 2.05) is 0 Å². The zero-order valence-electron chi connectivity index (χ0n) is 9.70. The molecule has 0 saturated heterocycles. The SMILES string of the molecule is CC1=Cc2c3c(ccc2=C1)=c1ccccc1=C3. The number of benzene rings is 2. The molecule has 0 nitrogen and oxygen atoms in total. The second-order valence-corrected chi connectivity index (χ2v) is 4.79. The zero-order chi connectivity index (χ0) is 11.4. The van der Waals surface area contributed by atoms with E-state index < -0.39 is 0 Å². The molecule has 2 aliphatic rings. The van der Waals surface area contributed by atoms with Gasteiger partial charge in [-0.3, -0.25) is 0 Å². The second kappa shape index (κ2) is 2.98. The molecule has 0 aromatic heterocycles. The number of hydrogen-bond donors (Lipinski definition) is 0. The first-order valence-corrected chi connectivity index (χ1v) is 5.97. The van der Waals surface area contributed by atoms with Gasteiger partial charge in [-0.25, -0.2) is 0 Å². The Morgan fingerprint density at radius 2 is 1.53 bits per heavy atom. The summed E-state index contributed by atoms with van der Waals surface area (Å²) in [4.78, 5) is 0. The Hall–Kier alpha value is -2.08. The molecule has 80 valence electrons. The molecular formula is C17H12. The van der Waals surface area contributed by atoms with E-state index in [1.165, 1.54) is 37.6 Å². The van der Waals surface area contributed by atoms with Gasteiger partial charge in [0.05, 0.1) is 0 Å². The molecule has 0 heterocycles. The van der Waals surface area contributed by atoms with Crippen molar-refractivity contribution in [3.8, 4) is 0 Å². The third-order valence-corrected chi connectivity index (χ3v) is 3.63. The third kappa shape index (κ3) is 1.13. The molecule has 0 atom stereocenters. The molecule has 2 aliphatic carbocycles. The van der Waals surface area contributed by atoms with Crippen LogP contribution >= 0.6 is 0 Å². The molecule has 17 heavy (non-hydrogen) atoms. The molecule has 2 aromatic carbocycles. The van der Waals surface area contributed by atoms with E-state index in [0.29, 0.717) is 0 Å². The quantitative estimate of drug-likeness (QED) is 0.541. The summed E-state index contributed by atoms with van der Waals surface area (Å²) in [5.41, 5.74) is 4.12. The normalized spacial score (nSPS) is 14.3. The van der Waals surface area contributed by atoms with Crippen molar-refractivity contribution in [2.24, 2.45) is 0 Å². The van der Waals surface area contributed by atoms with Crippen LogP contribution in [0, 0.1) is 10.4 Å². The maximum atomic E-state index is 2.31. The Bertz CT molecular complexity index is 881. The van der Waals surface area contributed by atoms with Crippen molar-refractivity contribution in [1.82, 2.24) is 0 Å². The molecule has 0 aliphatic heterocycles. The highest BCUT2D eigenvalue weighted by atomic mass is 14.1. The first kappa shape index (κ1) is 9.00. The van der Waals surface area contributed by atoms with E-state index >= 15 is 0 Å². The van der Waals surface area contributed by atoms with Crippen LogP contribution in [0.2, 0.25) is 0 Å². The van der Waals surface area contributed by atoms with Gasteiger partial charge in [-0.1, -0.05) is 48.6 Å². The molecule has 0 spiro atoms. The minimum atomic E-state index is 1.34. The average molecular weight is 216 g/mol. The summed E-state index contributed by atoms with van der Waals surface area (Å²) in [6, 6.07) is 13.1. The lowest BCUT2D eigenvalue weighted by atomic mass is 10.1. The lowest BCUT2D eigenvalue weighted by molar-refractivity contribution is 1.45. The van der Waals surface area contributed by atoms with Crippen molar-refractivity contribution in [2.45, 2.75) is 6.92 Å². The zero-order valence-corrected chi connectivity index (χ0v) is 9.70. The van der Waals surface area contributed by atoms with Crippen LogP contribution in [0.5, 0.6) is 0 Å². The predicted octanol–water partition coefficient (Wildman–Crippen LogP) is 2.31. The Kier molecular flexibility index (Phi) is 1.58. The van der Waals surface area contributed by atoms with E-state index in [9.17, 15) is 0 Å². The van der Waals surface area contributed by atoms with Crippen LogP contribution in [-0.4, -0.2) is 0 Å². The van der Waals surface area contributed by atoms with Gasteiger partial charge < -0.3 is 0 Å². The Labute approximate surface area is 99.5 Å². The highest BCUT2D eigenvalue weighted by Crippen LogP contribution is 2.19. The molecule has 0 unspecified atom stereocenters. The number of hydrogen-bond acceptors (Lipinski definition) is 0. The van der Waals surface area contributed by atoms with Gasteiger partial charge in [-0.05, 0) is 50.6 Å². The lowest BCUT2D eigenvalue weighted by Gasteiger charge is -1.98. The first-order valence-electron chi connectivity index (χ1n) is 5.97. The average Bonchev–Trinajstić information content (AvgIpc) is 2.87. The van der Waals surface area contributed by atoms with Crippen molar-refractivity contribution in [1.29, 1.82) is 0 Å². The molecule has 0 radical (unpaired) electrons. The number of allylic oxidation sites excluding steroid dienone is 1. The fourth-order valence-electron chi connectivity index (χ4n) is 2.87. The van der Waals surface area contributed by atoms with E-state index in [-0.39, 0.29) is 0 Å². The van der Waals surface area contributed by atoms with Gasteiger partial charge >= 0.3 is 0 Å². The van der Waals surface area contributed by atoms with E-state index in [1.54, 1.807) is 0 Å². The fraction of sp³-hybridized carbons (Fsp3) is 0.0588. The largest absolute Gasteiger partial charge is 0.0616 e. The summed E-state index contributed by atoms with van der Waals surface area (Å²) in [7, 11) is 0. The van der Waals surface area contributed by atoms with Gasteiger partial charge in [0.25, 0.3) is 0 Å². The summed E-state index contributed by atoms with van der Waals surface area (Å²) < 4.78 is 0. The molecule has 0 bridgehead atoms. The van der Waals surface area contributed by atoms with Gasteiger partial charge in [0.2, 0.25) is 0 Å². The van der Waals surface area contributed by atoms with Crippen LogP contribution in [0.25, 0.3) is 18.2 Å². The summed E-state index contributed by atoms with van der Waals surface area (Å²) in [6.45, 7) is 2.16. The topological polar surface area (TPSA) is 0 Å². The summed E-state index contributed by atoms with van der Waals surface area (Å²) >= 11 is 0. The molecule has 0 N–H and O–H groups in total. The monoisotopic (exact) mass is 216 g/mol. The maximum Gasteiger partial charge on any atom is -0.00929 e. The first-order chi connectivity index (χ1) is 8.33. The highest BCUT2D eigenvalue weighted by molar-refractivity contribution is 5.78. The fourth-order valence-corrected chi connectivity index (χ4v) is 2.87. The molecule has 2 aromatic rings. The van der Waals surface area contributed by atoms with Gasteiger partial charge in [-0.15, -0.1) is 0 Å². The van der Waals surface area contributed by atoms with Crippen LogP contribution in [-0.2, 0) is 0 Å². The van der Waals surface area contributed by atoms with Crippen LogP contribution < -0.4 is 10.4 Å². The minimum absolute atomic E-state index is 1.34. The lowest BCUT2D eigenvalue weighted by Crippen LogP contribution is -2.03. The molecular weight excluding hydrogens is 204 g/mol. The van der Waals surface area contributed by atoms with Crippen LogP contribution in [0.4, 0.5) is 0 Å². The van der Waals surface area contributed by atoms with Crippen molar-refractivity contribution in [2.75, 3.05) is 0 Å². The summed E-state index contributed by atoms with van der Waals surface area (Å²) in [6.07, 6.45) is 6.86. The van der Waals surface area contributed by atoms with Crippen molar-refractivity contribution in [3.63, 3.8) is 0 Å².